The van der Waals surface area contributed by atoms with Gasteiger partial charge in [0.15, 0.2) is 5.78 Å². The summed E-state index contributed by atoms with van der Waals surface area (Å²) in [5.74, 6) is 0.289. The molecule has 0 heterocycles. The topological polar surface area (TPSA) is 20.3 Å². The van der Waals surface area contributed by atoms with Gasteiger partial charge in [-0.3, -0.25) is 4.79 Å². The molecule has 1 unspecified atom stereocenters. The summed E-state index contributed by atoms with van der Waals surface area (Å²) in [6, 6.07) is 20.5. The van der Waals surface area contributed by atoms with Gasteiger partial charge in [0, 0.05) is 6.54 Å². The number of allylic oxidation sites excluding steroid dienone is 1. The Bertz CT molecular complexity index is 718. The number of benzene rings is 2. The predicted octanol–water partition coefficient (Wildman–Crippen LogP) is 4.32. The van der Waals surface area contributed by atoms with Gasteiger partial charge in [-0.25, -0.2) is 0 Å². The molecule has 124 valence electrons. The molecule has 0 aromatic heterocycles. The molecule has 1 saturated carbocycles. The van der Waals surface area contributed by atoms with Crippen molar-refractivity contribution in [3.8, 4) is 0 Å². The van der Waals surface area contributed by atoms with Gasteiger partial charge >= 0.3 is 0 Å². The summed E-state index contributed by atoms with van der Waals surface area (Å²) in [5.41, 5.74) is 2.78. The van der Waals surface area contributed by atoms with E-state index in [2.05, 4.69) is 35.2 Å². The van der Waals surface area contributed by atoms with Crippen LogP contribution in [0.5, 0.6) is 0 Å². The van der Waals surface area contributed by atoms with Crippen LogP contribution in [0, 0.1) is 0 Å². The molecule has 3 rings (SSSR count). The number of hydrogen-bond donors (Lipinski definition) is 0. The fourth-order valence-corrected chi connectivity index (χ4v) is 3.82. The lowest BCUT2D eigenvalue weighted by molar-refractivity contribution is -0.123. The van der Waals surface area contributed by atoms with E-state index >= 15 is 0 Å². The Hall–Kier alpha value is -2.19. The van der Waals surface area contributed by atoms with Gasteiger partial charge in [-0.1, -0.05) is 60.7 Å². The number of carbonyl (C=O) groups is 1. The number of likely N-dealkylation sites (N-methyl/N-ethyl adjacent to an activating group) is 1. The highest BCUT2D eigenvalue weighted by atomic mass is 16.1. The minimum absolute atomic E-state index is 0.289. The Balaban J connectivity index is 2.03. The highest BCUT2D eigenvalue weighted by molar-refractivity contribution is 6.07. The SMILES string of the molecule is CN(C)CC1(c2ccccc2)CCC/C(=C/c2ccccc2)C1=O. The van der Waals surface area contributed by atoms with Crippen LogP contribution in [-0.4, -0.2) is 31.3 Å². The minimum Gasteiger partial charge on any atom is -0.308 e. The summed E-state index contributed by atoms with van der Waals surface area (Å²) in [5, 5.41) is 0. The Morgan fingerprint density at radius 1 is 1.00 bits per heavy atom. The highest BCUT2D eigenvalue weighted by Gasteiger charge is 2.43. The number of carbonyl (C=O) groups excluding carboxylic acids is 1. The monoisotopic (exact) mass is 319 g/mol. The molecule has 0 amide bonds. The second kappa shape index (κ2) is 7.14. The Kier molecular flexibility index (Phi) is 4.96. The number of nitrogens with zero attached hydrogens (tertiary/aromatic N) is 1. The molecule has 2 heteroatoms. The Labute approximate surface area is 144 Å². The maximum atomic E-state index is 13.5. The van der Waals surface area contributed by atoms with Gasteiger partial charge in [0.05, 0.1) is 5.41 Å². The molecule has 2 aromatic rings. The van der Waals surface area contributed by atoms with Crippen molar-refractivity contribution < 1.29 is 4.79 Å². The zero-order valence-electron chi connectivity index (χ0n) is 14.5. The summed E-state index contributed by atoms with van der Waals surface area (Å²) >= 11 is 0. The summed E-state index contributed by atoms with van der Waals surface area (Å²) < 4.78 is 0. The van der Waals surface area contributed by atoms with Crippen LogP contribution in [0.15, 0.2) is 66.2 Å². The number of ketones is 1. The molecule has 1 atom stereocenters. The van der Waals surface area contributed by atoms with Gasteiger partial charge in [-0.15, -0.1) is 0 Å². The van der Waals surface area contributed by atoms with E-state index in [1.165, 1.54) is 0 Å². The van der Waals surface area contributed by atoms with E-state index in [-0.39, 0.29) is 5.78 Å². The van der Waals surface area contributed by atoms with E-state index in [1.54, 1.807) is 0 Å². The molecule has 0 spiro atoms. The molecule has 0 aliphatic heterocycles. The van der Waals surface area contributed by atoms with Crippen LogP contribution in [0.4, 0.5) is 0 Å². The first-order chi connectivity index (χ1) is 11.6. The normalized spacial score (nSPS) is 23.0. The maximum Gasteiger partial charge on any atom is 0.170 e. The molecule has 2 aromatic carbocycles. The fourth-order valence-electron chi connectivity index (χ4n) is 3.82. The smallest absolute Gasteiger partial charge is 0.170 e. The van der Waals surface area contributed by atoms with Crippen LogP contribution in [0.25, 0.3) is 6.08 Å². The van der Waals surface area contributed by atoms with Crippen LogP contribution in [-0.2, 0) is 10.2 Å². The van der Waals surface area contributed by atoms with Crippen molar-refractivity contribution in [3.05, 3.63) is 77.4 Å². The molecule has 1 fully saturated rings. The number of hydrogen-bond acceptors (Lipinski definition) is 2. The van der Waals surface area contributed by atoms with Gasteiger partial charge in [-0.2, -0.15) is 0 Å². The van der Waals surface area contributed by atoms with Crippen molar-refractivity contribution in [1.29, 1.82) is 0 Å². The Morgan fingerprint density at radius 2 is 1.62 bits per heavy atom. The Morgan fingerprint density at radius 3 is 2.25 bits per heavy atom. The lowest BCUT2D eigenvalue weighted by Crippen LogP contribution is -2.47. The van der Waals surface area contributed by atoms with E-state index < -0.39 is 5.41 Å². The zero-order valence-corrected chi connectivity index (χ0v) is 14.5. The van der Waals surface area contributed by atoms with Crippen molar-refractivity contribution in [3.63, 3.8) is 0 Å². The third kappa shape index (κ3) is 3.34. The van der Waals surface area contributed by atoms with Gasteiger partial charge < -0.3 is 4.90 Å². The van der Waals surface area contributed by atoms with Crippen LogP contribution in [0.2, 0.25) is 0 Å². The molecule has 0 radical (unpaired) electrons. The van der Waals surface area contributed by atoms with E-state index in [0.717, 1.165) is 42.5 Å². The van der Waals surface area contributed by atoms with Crippen LogP contribution in [0.1, 0.15) is 30.4 Å². The van der Waals surface area contributed by atoms with Gasteiger partial charge in [0.25, 0.3) is 0 Å². The molecular weight excluding hydrogens is 294 g/mol. The molecule has 0 saturated heterocycles. The second-order valence-electron chi connectivity index (χ2n) is 6.95. The third-order valence-electron chi connectivity index (χ3n) is 4.83. The maximum absolute atomic E-state index is 13.5. The molecule has 1 aliphatic carbocycles. The molecule has 0 N–H and O–H groups in total. The molecule has 0 bridgehead atoms. The van der Waals surface area contributed by atoms with E-state index in [0.29, 0.717) is 0 Å². The lowest BCUT2D eigenvalue weighted by Gasteiger charge is -2.39. The van der Waals surface area contributed by atoms with Crippen molar-refractivity contribution in [1.82, 2.24) is 4.90 Å². The molecule has 1 aliphatic rings. The molecule has 24 heavy (non-hydrogen) atoms. The van der Waals surface area contributed by atoms with Crippen molar-refractivity contribution in [2.75, 3.05) is 20.6 Å². The van der Waals surface area contributed by atoms with E-state index in [4.69, 9.17) is 0 Å². The third-order valence-corrected chi connectivity index (χ3v) is 4.83. The van der Waals surface area contributed by atoms with E-state index in [1.807, 2.05) is 50.5 Å². The summed E-state index contributed by atoms with van der Waals surface area (Å²) in [6.45, 7) is 0.752. The summed E-state index contributed by atoms with van der Waals surface area (Å²) in [4.78, 5) is 15.6. The van der Waals surface area contributed by atoms with Crippen molar-refractivity contribution in [2.24, 2.45) is 0 Å². The molecular formula is C22H25NO. The highest BCUT2D eigenvalue weighted by Crippen LogP contribution is 2.40. The van der Waals surface area contributed by atoms with E-state index in [9.17, 15) is 4.79 Å². The van der Waals surface area contributed by atoms with Crippen LogP contribution in [0.3, 0.4) is 0 Å². The number of rotatable bonds is 4. The first-order valence-electron chi connectivity index (χ1n) is 8.62. The lowest BCUT2D eigenvalue weighted by atomic mass is 9.66. The first-order valence-corrected chi connectivity index (χ1v) is 8.62. The largest absolute Gasteiger partial charge is 0.308 e. The van der Waals surface area contributed by atoms with Crippen molar-refractivity contribution >= 4 is 11.9 Å². The average Bonchev–Trinajstić information content (AvgIpc) is 2.60. The number of Topliss-reactive ketones (excluding diaryl/α,β-unsaturated/α-hetero) is 1. The van der Waals surface area contributed by atoms with Crippen LogP contribution >= 0.6 is 0 Å². The van der Waals surface area contributed by atoms with Gasteiger partial charge in [0.1, 0.15) is 0 Å². The quantitative estimate of drug-likeness (QED) is 0.782. The predicted molar refractivity (Wildman–Crippen MR) is 100.0 cm³/mol. The minimum atomic E-state index is -0.427. The van der Waals surface area contributed by atoms with Crippen molar-refractivity contribution in [2.45, 2.75) is 24.7 Å². The zero-order chi connectivity index (χ0) is 17.0. The average molecular weight is 319 g/mol. The summed E-state index contributed by atoms with van der Waals surface area (Å²) in [7, 11) is 4.10. The fraction of sp³-hybridized carbons (Fsp3) is 0.318. The van der Waals surface area contributed by atoms with Crippen LogP contribution < -0.4 is 0 Å². The summed E-state index contributed by atoms with van der Waals surface area (Å²) in [6.07, 6.45) is 4.91. The van der Waals surface area contributed by atoms with Gasteiger partial charge in [0.2, 0.25) is 0 Å². The standard InChI is InChI=1S/C22H25NO/c1-23(2)17-22(20-13-7-4-8-14-20)15-9-12-19(21(22)24)16-18-10-5-3-6-11-18/h3-8,10-11,13-14,16H,9,12,15,17H2,1-2H3/b19-16-. The van der Waals surface area contributed by atoms with Gasteiger partial charge in [-0.05, 0) is 56.1 Å². The molecule has 2 nitrogen and oxygen atoms in total. The second-order valence-corrected chi connectivity index (χ2v) is 6.95. The first kappa shape index (κ1) is 16.7.